The number of carbonyl (C=O) groups is 1. The molecular weight excluding hydrogens is 408 g/mol. The van der Waals surface area contributed by atoms with Crippen LogP contribution >= 0.6 is 0 Å². The Balaban J connectivity index is 1.53. The predicted molar refractivity (Wildman–Crippen MR) is 120 cm³/mol. The number of amides is 1. The number of aromatic nitrogens is 2. The highest BCUT2D eigenvalue weighted by atomic mass is 16.5. The van der Waals surface area contributed by atoms with Crippen molar-refractivity contribution in [2.24, 2.45) is 0 Å². The first-order valence-corrected chi connectivity index (χ1v) is 10.6. The summed E-state index contributed by atoms with van der Waals surface area (Å²) in [6.07, 6.45) is 1.51. The maximum Gasteiger partial charge on any atom is 0.258 e. The first-order chi connectivity index (χ1) is 15.7. The second-order valence-corrected chi connectivity index (χ2v) is 7.27. The van der Waals surface area contributed by atoms with Crippen molar-refractivity contribution in [3.8, 4) is 28.8 Å². The molecule has 2 heterocycles. The van der Waals surface area contributed by atoms with Gasteiger partial charge >= 0.3 is 0 Å². The highest BCUT2D eigenvalue weighted by Crippen LogP contribution is 2.26. The molecule has 0 bridgehead atoms. The number of methoxy groups -OCH3 is 1. The number of benzene rings is 2. The van der Waals surface area contributed by atoms with E-state index < -0.39 is 0 Å². The molecule has 0 radical (unpaired) electrons. The number of nitrogens with one attached hydrogen (secondary N) is 1. The molecule has 0 unspecified atom stereocenters. The van der Waals surface area contributed by atoms with Gasteiger partial charge in [0, 0.05) is 37.9 Å². The Morgan fingerprint density at radius 2 is 1.81 bits per heavy atom. The van der Waals surface area contributed by atoms with Gasteiger partial charge in [-0.15, -0.1) is 0 Å². The second-order valence-electron chi connectivity index (χ2n) is 7.27. The molecule has 32 heavy (non-hydrogen) atoms. The molecule has 0 spiro atoms. The van der Waals surface area contributed by atoms with Crippen molar-refractivity contribution in [2.75, 3.05) is 46.5 Å². The van der Waals surface area contributed by atoms with Gasteiger partial charge in [-0.2, -0.15) is 4.98 Å². The Bertz CT molecular complexity index is 1020. The van der Waals surface area contributed by atoms with Gasteiger partial charge < -0.3 is 19.5 Å². The summed E-state index contributed by atoms with van der Waals surface area (Å²) in [5, 5.41) is 2.95. The average Bonchev–Trinajstić information content (AvgIpc) is 2.85. The Morgan fingerprint density at radius 1 is 1.06 bits per heavy atom. The van der Waals surface area contributed by atoms with Gasteiger partial charge in [0.25, 0.3) is 5.91 Å². The maximum absolute atomic E-state index is 12.9. The number of morpholine rings is 1. The Kier molecular flexibility index (Phi) is 7.27. The van der Waals surface area contributed by atoms with E-state index in [1.807, 2.05) is 54.6 Å². The van der Waals surface area contributed by atoms with Crippen LogP contribution in [-0.4, -0.2) is 67.3 Å². The van der Waals surface area contributed by atoms with E-state index in [0.29, 0.717) is 18.1 Å². The van der Waals surface area contributed by atoms with Crippen LogP contribution in [-0.2, 0) is 4.74 Å². The summed E-state index contributed by atoms with van der Waals surface area (Å²) in [5.74, 6) is 1.73. The molecule has 0 saturated carbocycles. The van der Waals surface area contributed by atoms with Crippen LogP contribution in [0.4, 0.5) is 0 Å². The van der Waals surface area contributed by atoms with Crippen LogP contribution in [0.5, 0.6) is 17.4 Å². The maximum atomic E-state index is 12.9. The molecule has 1 N–H and O–H groups in total. The molecule has 1 aliphatic heterocycles. The van der Waals surface area contributed by atoms with E-state index in [2.05, 4.69) is 20.2 Å². The minimum atomic E-state index is -0.273. The lowest BCUT2D eigenvalue weighted by atomic mass is 10.2. The third-order valence-corrected chi connectivity index (χ3v) is 5.12. The summed E-state index contributed by atoms with van der Waals surface area (Å²) in [4.78, 5) is 24.1. The summed E-state index contributed by atoms with van der Waals surface area (Å²) >= 11 is 0. The van der Waals surface area contributed by atoms with Crippen molar-refractivity contribution in [2.45, 2.75) is 0 Å². The highest BCUT2D eigenvalue weighted by molar-refractivity contribution is 5.96. The van der Waals surface area contributed by atoms with E-state index in [-0.39, 0.29) is 17.4 Å². The number of para-hydroxylation sites is 1. The van der Waals surface area contributed by atoms with Crippen molar-refractivity contribution in [1.29, 1.82) is 0 Å². The molecule has 4 rings (SSSR count). The third-order valence-electron chi connectivity index (χ3n) is 5.12. The molecule has 0 atom stereocenters. The van der Waals surface area contributed by atoms with Gasteiger partial charge in [-0.05, 0) is 36.4 Å². The fourth-order valence-corrected chi connectivity index (χ4v) is 3.33. The molecule has 8 nitrogen and oxygen atoms in total. The normalized spacial score (nSPS) is 14.0. The van der Waals surface area contributed by atoms with Gasteiger partial charge in [0.15, 0.2) is 5.82 Å². The number of hydrogen-bond acceptors (Lipinski definition) is 7. The quantitative estimate of drug-likeness (QED) is 0.583. The van der Waals surface area contributed by atoms with Crippen molar-refractivity contribution in [1.82, 2.24) is 20.2 Å². The number of nitrogens with zero attached hydrogens (tertiary/aromatic N) is 3. The van der Waals surface area contributed by atoms with Gasteiger partial charge in [-0.25, -0.2) is 4.98 Å². The molecule has 1 aromatic heterocycles. The molecule has 3 aromatic rings. The largest absolute Gasteiger partial charge is 0.497 e. The van der Waals surface area contributed by atoms with Gasteiger partial charge in [-0.3, -0.25) is 9.69 Å². The van der Waals surface area contributed by atoms with E-state index in [9.17, 15) is 4.79 Å². The summed E-state index contributed by atoms with van der Waals surface area (Å²) in [5.41, 5.74) is 1.08. The molecule has 1 saturated heterocycles. The Labute approximate surface area is 187 Å². The van der Waals surface area contributed by atoms with E-state index in [0.717, 1.165) is 44.2 Å². The van der Waals surface area contributed by atoms with Crippen LogP contribution in [0.3, 0.4) is 0 Å². The molecular formula is C24H26N4O4. The second kappa shape index (κ2) is 10.7. The summed E-state index contributed by atoms with van der Waals surface area (Å²) in [7, 11) is 1.61. The van der Waals surface area contributed by atoms with Crippen molar-refractivity contribution >= 4 is 5.91 Å². The predicted octanol–water partition coefficient (Wildman–Crippen LogP) is 3.01. The lowest BCUT2D eigenvalue weighted by molar-refractivity contribution is 0.0383. The monoisotopic (exact) mass is 434 g/mol. The van der Waals surface area contributed by atoms with Gasteiger partial charge in [0.2, 0.25) is 5.88 Å². The lowest BCUT2D eigenvalue weighted by Crippen LogP contribution is -2.41. The fraction of sp³-hybridized carbons (Fsp3) is 0.292. The van der Waals surface area contributed by atoms with E-state index in [1.165, 1.54) is 6.20 Å². The summed E-state index contributed by atoms with van der Waals surface area (Å²) in [6, 6.07) is 16.7. The van der Waals surface area contributed by atoms with Crippen LogP contribution < -0.4 is 14.8 Å². The number of rotatable bonds is 8. The van der Waals surface area contributed by atoms with E-state index in [4.69, 9.17) is 14.2 Å². The fourth-order valence-electron chi connectivity index (χ4n) is 3.33. The van der Waals surface area contributed by atoms with Crippen LogP contribution in [0.25, 0.3) is 11.4 Å². The van der Waals surface area contributed by atoms with Crippen LogP contribution in [0, 0.1) is 0 Å². The van der Waals surface area contributed by atoms with Crippen LogP contribution in [0.1, 0.15) is 10.4 Å². The first kappa shape index (κ1) is 21.7. The van der Waals surface area contributed by atoms with Crippen LogP contribution in [0.2, 0.25) is 0 Å². The summed E-state index contributed by atoms with van der Waals surface area (Å²) < 4.78 is 16.5. The molecule has 2 aromatic carbocycles. The van der Waals surface area contributed by atoms with Crippen molar-refractivity contribution in [3.63, 3.8) is 0 Å². The average molecular weight is 434 g/mol. The minimum Gasteiger partial charge on any atom is -0.497 e. The zero-order chi connectivity index (χ0) is 22.2. The van der Waals surface area contributed by atoms with E-state index in [1.54, 1.807) is 7.11 Å². The van der Waals surface area contributed by atoms with Crippen LogP contribution in [0.15, 0.2) is 60.8 Å². The number of hydrogen-bond donors (Lipinski definition) is 1. The molecule has 166 valence electrons. The number of ether oxygens (including phenoxy) is 3. The van der Waals surface area contributed by atoms with Gasteiger partial charge in [-0.1, -0.05) is 18.2 Å². The number of carbonyl (C=O) groups excluding carboxylic acids is 1. The molecule has 8 heteroatoms. The Morgan fingerprint density at radius 3 is 2.53 bits per heavy atom. The zero-order valence-electron chi connectivity index (χ0n) is 18.0. The van der Waals surface area contributed by atoms with Crippen molar-refractivity contribution < 1.29 is 19.0 Å². The lowest BCUT2D eigenvalue weighted by Gasteiger charge is -2.26. The van der Waals surface area contributed by atoms with Gasteiger partial charge in [0.1, 0.15) is 17.1 Å². The molecule has 1 fully saturated rings. The topological polar surface area (TPSA) is 85.8 Å². The van der Waals surface area contributed by atoms with Crippen molar-refractivity contribution in [3.05, 3.63) is 66.4 Å². The minimum absolute atomic E-state index is 0.209. The zero-order valence-corrected chi connectivity index (χ0v) is 18.0. The molecule has 0 aliphatic carbocycles. The van der Waals surface area contributed by atoms with Gasteiger partial charge in [0.05, 0.1) is 20.3 Å². The highest BCUT2D eigenvalue weighted by Gasteiger charge is 2.18. The van der Waals surface area contributed by atoms with E-state index >= 15 is 0 Å². The first-order valence-electron chi connectivity index (χ1n) is 10.6. The smallest absolute Gasteiger partial charge is 0.258 e. The standard InChI is InChI=1S/C24H26N4O4/c1-30-19-9-7-18(8-10-19)22-26-17-21(24(27-22)32-20-5-3-2-4-6-20)23(29)25-11-12-28-13-15-31-16-14-28/h2-10,17H,11-16H2,1H3,(H,25,29). The molecule has 1 aliphatic rings. The SMILES string of the molecule is COc1ccc(-c2ncc(C(=O)NCCN3CCOCC3)c(Oc3ccccc3)n2)cc1. The molecule has 1 amide bonds. The summed E-state index contributed by atoms with van der Waals surface area (Å²) in [6.45, 7) is 4.47. The Hall–Kier alpha value is -3.49. The third kappa shape index (κ3) is 5.60.